The lowest BCUT2D eigenvalue weighted by molar-refractivity contribution is 0.102. The van der Waals surface area contributed by atoms with Crippen LogP contribution in [-0.2, 0) is 0 Å². The van der Waals surface area contributed by atoms with Crippen molar-refractivity contribution in [2.75, 3.05) is 5.32 Å². The Bertz CT molecular complexity index is 795. The summed E-state index contributed by atoms with van der Waals surface area (Å²) in [7, 11) is 0. The standard InChI is InChI=1S/C17H15N3OS/c1-11-6-8-13(9-7-11)15-12(2)22-17(19-15)20-16(21)14-5-3-4-10-18-14/h3-10H,1-2H3,(H,19,20,21). The minimum absolute atomic E-state index is 0.246. The highest BCUT2D eigenvalue weighted by Gasteiger charge is 2.13. The number of carbonyl (C=O) groups excluding carboxylic acids is 1. The molecule has 0 fully saturated rings. The highest BCUT2D eigenvalue weighted by molar-refractivity contribution is 7.16. The minimum atomic E-state index is -0.246. The number of rotatable bonds is 3. The molecule has 0 saturated carbocycles. The quantitative estimate of drug-likeness (QED) is 0.793. The number of pyridine rings is 1. The monoisotopic (exact) mass is 309 g/mol. The van der Waals surface area contributed by atoms with Crippen LogP contribution in [0.1, 0.15) is 20.9 Å². The molecule has 0 saturated heterocycles. The van der Waals surface area contributed by atoms with Crippen LogP contribution in [0.5, 0.6) is 0 Å². The third kappa shape index (κ3) is 3.04. The smallest absolute Gasteiger partial charge is 0.276 e. The van der Waals surface area contributed by atoms with Crippen LogP contribution in [0.25, 0.3) is 11.3 Å². The van der Waals surface area contributed by atoms with Crippen molar-refractivity contribution in [3.05, 3.63) is 64.8 Å². The van der Waals surface area contributed by atoms with Gasteiger partial charge in [-0.2, -0.15) is 0 Å². The first kappa shape index (κ1) is 14.4. The van der Waals surface area contributed by atoms with Gasteiger partial charge in [0.15, 0.2) is 5.13 Å². The highest BCUT2D eigenvalue weighted by atomic mass is 32.1. The van der Waals surface area contributed by atoms with E-state index in [2.05, 4.69) is 34.3 Å². The molecular weight excluding hydrogens is 294 g/mol. The Morgan fingerprint density at radius 1 is 1.09 bits per heavy atom. The molecule has 3 rings (SSSR count). The van der Waals surface area contributed by atoms with Gasteiger partial charge in [-0.25, -0.2) is 4.98 Å². The third-order valence-corrected chi connectivity index (χ3v) is 4.13. The van der Waals surface area contributed by atoms with Crippen molar-refractivity contribution in [3.63, 3.8) is 0 Å². The maximum atomic E-state index is 12.1. The van der Waals surface area contributed by atoms with Gasteiger partial charge in [0.1, 0.15) is 5.69 Å². The lowest BCUT2D eigenvalue weighted by atomic mass is 10.1. The van der Waals surface area contributed by atoms with Crippen molar-refractivity contribution in [1.29, 1.82) is 0 Å². The summed E-state index contributed by atoms with van der Waals surface area (Å²) in [5.41, 5.74) is 3.55. The number of aromatic nitrogens is 2. The number of carbonyl (C=O) groups is 1. The fourth-order valence-electron chi connectivity index (χ4n) is 2.09. The lowest BCUT2D eigenvalue weighted by Crippen LogP contribution is -2.13. The summed E-state index contributed by atoms with van der Waals surface area (Å²) in [6.45, 7) is 4.06. The van der Waals surface area contributed by atoms with Crippen molar-refractivity contribution >= 4 is 22.4 Å². The van der Waals surface area contributed by atoms with E-state index in [-0.39, 0.29) is 5.91 Å². The van der Waals surface area contributed by atoms with Gasteiger partial charge in [-0.3, -0.25) is 15.1 Å². The van der Waals surface area contributed by atoms with Crippen molar-refractivity contribution in [2.24, 2.45) is 0 Å². The average Bonchev–Trinajstić information content (AvgIpc) is 2.89. The van der Waals surface area contributed by atoms with Crippen LogP contribution >= 0.6 is 11.3 Å². The number of nitrogens with zero attached hydrogens (tertiary/aromatic N) is 2. The normalized spacial score (nSPS) is 10.5. The zero-order valence-corrected chi connectivity index (χ0v) is 13.1. The summed E-state index contributed by atoms with van der Waals surface area (Å²) in [5, 5.41) is 3.39. The molecule has 0 unspecified atom stereocenters. The first-order valence-corrected chi connectivity index (χ1v) is 7.72. The van der Waals surface area contributed by atoms with Gasteiger partial charge in [-0.05, 0) is 26.0 Å². The molecular formula is C17H15N3OS. The molecule has 4 nitrogen and oxygen atoms in total. The molecule has 1 amide bonds. The van der Waals surface area contributed by atoms with Gasteiger partial charge in [0.2, 0.25) is 0 Å². The van der Waals surface area contributed by atoms with Crippen molar-refractivity contribution in [2.45, 2.75) is 13.8 Å². The van der Waals surface area contributed by atoms with Crippen LogP contribution < -0.4 is 5.32 Å². The van der Waals surface area contributed by atoms with Gasteiger partial charge in [-0.15, -0.1) is 11.3 Å². The summed E-state index contributed by atoms with van der Waals surface area (Å²) < 4.78 is 0. The van der Waals surface area contributed by atoms with Crippen LogP contribution in [0.3, 0.4) is 0 Å². The molecule has 5 heteroatoms. The molecule has 0 radical (unpaired) electrons. The second-order valence-electron chi connectivity index (χ2n) is 4.96. The van der Waals surface area contributed by atoms with E-state index in [4.69, 9.17) is 0 Å². The molecule has 3 aromatic rings. The molecule has 22 heavy (non-hydrogen) atoms. The maximum absolute atomic E-state index is 12.1. The van der Waals surface area contributed by atoms with E-state index in [9.17, 15) is 4.79 Å². The van der Waals surface area contributed by atoms with Crippen molar-refractivity contribution < 1.29 is 4.79 Å². The molecule has 2 heterocycles. The SMILES string of the molecule is Cc1ccc(-c2nc(NC(=O)c3ccccn3)sc2C)cc1. The van der Waals surface area contributed by atoms with E-state index in [1.165, 1.54) is 16.9 Å². The van der Waals surface area contributed by atoms with Gasteiger partial charge in [0.05, 0.1) is 5.69 Å². The summed E-state index contributed by atoms with van der Waals surface area (Å²) in [4.78, 5) is 21.7. The molecule has 1 N–H and O–H groups in total. The molecule has 0 spiro atoms. The van der Waals surface area contributed by atoms with Crippen LogP contribution in [0.2, 0.25) is 0 Å². The molecule has 0 aliphatic heterocycles. The highest BCUT2D eigenvalue weighted by Crippen LogP contribution is 2.30. The number of benzene rings is 1. The molecule has 0 atom stereocenters. The van der Waals surface area contributed by atoms with Crippen LogP contribution in [-0.4, -0.2) is 15.9 Å². The van der Waals surface area contributed by atoms with Crippen LogP contribution in [0, 0.1) is 13.8 Å². The van der Waals surface area contributed by atoms with Crippen molar-refractivity contribution in [3.8, 4) is 11.3 Å². The number of amides is 1. The Morgan fingerprint density at radius 3 is 2.55 bits per heavy atom. The first-order chi connectivity index (χ1) is 10.6. The third-order valence-electron chi connectivity index (χ3n) is 3.24. The Labute approximate surface area is 132 Å². The Morgan fingerprint density at radius 2 is 1.86 bits per heavy atom. The number of anilines is 1. The zero-order chi connectivity index (χ0) is 15.5. The summed E-state index contributed by atoms with van der Waals surface area (Å²) in [6, 6.07) is 13.4. The number of thiazole rings is 1. The largest absolute Gasteiger partial charge is 0.296 e. The number of hydrogen-bond donors (Lipinski definition) is 1. The predicted molar refractivity (Wildman–Crippen MR) is 89.2 cm³/mol. The van der Waals surface area contributed by atoms with Gasteiger partial charge in [0, 0.05) is 16.6 Å². The Hall–Kier alpha value is -2.53. The Balaban J connectivity index is 1.83. The second-order valence-corrected chi connectivity index (χ2v) is 6.16. The molecule has 0 aliphatic carbocycles. The van der Waals surface area contributed by atoms with E-state index in [0.717, 1.165) is 16.1 Å². The molecule has 1 aromatic carbocycles. The number of hydrogen-bond acceptors (Lipinski definition) is 4. The zero-order valence-electron chi connectivity index (χ0n) is 12.3. The van der Waals surface area contributed by atoms with E-state index in [0.29, 0.717) is 10.8 Å². The lowest BCUT2D eigenvalue weighted by Gasteiger charge is -2.00. The van der Waals surface area contributed by atoms with Crippen molar-refractivity contribution in [1.82, 2.24) is 9.97 Å². The summed E-state index contributed by atoms with van der Waals surface area (Å²) in [6.07, 6.45) is 1.60. The minimum Gasteiger partial charge on any atom is -0.296 e. The van der Waals surface area contributed by atoms with Gasteiger partial charge in [-0.1, -0.05) is 35.9 Å². The molecule has 0 bridgehead atoms. The summed E-state index contributed by atoms with van der Waals surface area (Å²) >= 11 is 1.47. The maximum Gasteiger partial charge on any atom is 0.276 e. The van der Waals surface area contributed by atoms with E-state index < -0.39 is 0 Å². The van der Waals surface area contributed by atoms with Gasteiger partial charge < -0.3 is 0 Å². The number of aryl methyl sites for hydroxylation is 2. The fraction of sp³-hybridized carbons (Fsp3) is 0.118. The van der Waals surface area contributed by atoms with E-state index in [1.807, 2.05) is 19.1 Å². The molecule has 110 valence electrons. The van der Waals surface area contributed by atoms with Crippen LogP contribution in [0.15, 0.2) is 48.7 Å². The van der Waals surface area contributed by atoms with Gasteiger partial charge in [0.25, 0.3) is 5.91 Å². The Kier molecular flexibility index (Phi) is 3.98. The molecule has 2 aromatic heterocycles. The van der Waals surface area contributed by atoms with Crippen LogP contribution in [0.4, 0.5) is 5.13 Å². The first-order valence-electron chi connectivity index (χ1n) is 6.90. The second kappa shape index (κ2) is 6.07. The number of nitrogens with one attached hydrogen (secondary N) is 1. The fourth-order valence-corrected chi connectivity index (χ4v) is 2.92. The average molecular weight is 309 g/mol. The molecule has 0 aliphatic rings. The topological polar surface area (TPSA) is 54.9 Å². The van der Waals surface area contributed by atoms with Gasteiger partial charge >= 0.3 is 0 Å². The predicted octanol–water partition coefficient (Wildman–Crippen LogP) is 4.07. The van der Waals surface area contributed by atoms with E-state index >= 15 is 0 Å². The summed E-state index contributed by atoms with van der Waals surface area (Å²) in [5.74, 6) is -0.246. The van der Waals surface area contributed by atoms with E-state index in [1.54, 1.807) is 24.4 Å².